The van der Waals surface area contributed by atoms with Crippen molar-refractivity contribution < 1.29 is 19.1 Å². The molecule has 1 aliphatic rings. The molecule has 1 aliphatic heterocycles. The number of benzene rings is 3. The van der Waals surface area contributed by atoms with Crippen molar-refractivity contribution in [1.29, 1.82) is 5.26 Å². The van der Waals surface area contributed by atoms with E-state index in [0.29, 0.717) is 43.9 Å². The van der Waals surface area contributed by atoms with Crippen LogP contribution in [0.1, 0.15) is 23.6 Å². The molecule has 0 radical (unpaired) electrons. The fourth-order valence-corrected chi connectivity index (χ4v) is 4.43. The molecule has 0 aromatic heterocycles. The summed E-state index contributed by atoms with van der Waals surface area (Å²) in [7, 11) is 0. The van der Waals surface area contributed by atoms with Gasteiger partial charge in [-0.15, -0.1) is 0 Å². The fourth-order valence-electron chi connectivity index (χ4n) is 3.48. The van der Waals surface area contributed by atoms with Crippen molar-refractivity contribution in [1.82, 2.24) is 5.43 Å². The largest absolute Gasteiger partial charge is 0.490 e. The van der Waals surface area contributed by atoms with Crippen LogP contribution in [0.3, 0.4) is 0 Å². The highest BCUT2D eigenvalue weighted by Crippen LogP contribution is 2.44. The van der Waals surface area contributed by atoms with Gasteiger partial charge in [-0.05, 0) is 74.7 Å². The van der Waals surface area contributed by atoms with Crippen LogP contribution in [0.2, 0.25) is 0 Å². The number of rotatable bonds is 7. The molecule has 0 aliphatic carbocycles. The van der Waals surface area contributed by atoms with Crippen molar-refractivity contribution in [2.24, 2.45) is 0 Å². The van der Waals surface area contributed by atoms with Gasteiger partial charge in [-0.3, -0.25) is 15.0 Å². The lowest BCUT2D eigenvalue weighted by molar-refractivity contribution is -0.117. The first-order valence-electron chi connectivity index (χ1n) is 10.6. The first kappa shape index (κ1) is 24.5. The number of hydrazine groups is 1. The van der Waals surface area contributed by atoms with Crippen molar-refractivity contribution in [3.63, 3.8) is 0 Å². The summed E-state index contributed by atoms with van der Waals surface area (Å²) in [6, 6.07) is 19.9. The average molecular weight is 597 g/mol. The number of halogens is 2. The van der Waals surface area contributed by atoms with Crippen LogP contribution >= 0.6 is 31.9 Å². The van der Waals surface area contributed by atoms with Gasteiger partial charge in [-0.25, -0.2) is 5.01 Å². The van der Waals surface area contributed by atoms with Crippen molar-refractivity contribution in [3.05, 3.63) is 91.9 Å². The van der Waals surface area contributed by atoms with Gasteiger partial charge in [-0.2, -0.15) is 5.26 Å². The molecule has 35 heavy (non-hydrogen) atoms. The number of nitrogens with one attached hydrogen (secondary N) is 1. The van der Waals surface area contributed by atoms with E-state index < -0.39 is 11.8 Å². The quantitative estimate of drug-likeness (QED) is 0.286. The molecule has 0 saturated carbocycles. The number of carbonyl (C=O) groups is 2. The normalized spacial score (nSPS) is 14.1. The van der Waals surface area contributed by atoms with Crippen LogP contribution < -0.4 is 19.9 Å². The van der Waals surface area contributed by atoms with E-state index in [1.165, 1.54) is 11.1 Å². The third-order valence-corrected chi connectivity index (χ3v) is 7.31. The molecule has 9 heteroatoms. The third kappa shape index (κ3) is 5.09. The molecule has 1 fully saturated rings. The SMILES string of the molecule is CCOc1cc(/C=C2/C(=O)NN(c3ccccc3)C2=O)c(Br)c(Br)c1OCc1ccccc1C#N. The van der Waals surface area contributed by atoms with Crippen molar-refractivity contribution >= 4 is 55.4 Å². The molecule has 4 rings (SSSR count). The van der Waals surface area contributed by atoms with E-state index in [9.17, 15) is 14.9 Å². The van der Waals surface area contributed by atoms with E-state index >= 15 is 0 Å². The number of nitriles is 1. The third-order valence-electron chi connectivity index (χ3n) is 5.17. The van der Waals surface area contributed by atoms with Gasteiger partial charge in [0.25, 0.3) is 11.8 Å². The Morgan fingerprint density at radius 3 is 2.46 bits per heavy atom. The molecule has 176 valence electrons. The number of ether oxygens (including phenoxy) is 2. The smallest absolute Gasteiger partial charge is 0.282 e. The maximum absolute atomic E-state index is 13.0. The predicted octanol–water partition coefficient (Wildman–Crippen LogP) is 5.52. The van der Waals surface area contributed by atoms with E-state index in [1.54, 1.807) is 42.5 Å². The molecule has 0 bridgehead atoms. The summed E-state index contributed by atoms with van der Waals surface area (Å²) in [5, 5.41) is 10.6. The fraction of sp³-hybridized carbons (Fsp3) is 0.115. The molecule has 0 spiro atoms. The summed E-state index contributed by atoms with van der Waals surface area (Å²) in [5.41, 5.74) is 4.95. The van der Waals surface area contributed by atoms with Crippen LogP contribution in [0.25, 0.3) is 6.08 Å². The topological polar surface area (TPSA) is 91.7 Å². The lowest BCUT2D eigenvalue weighted by Crippen LogP contribution is -2.35. The number of para-hydroxylation sites is 1. The van der Waals surface area contributed by atoms with E-state index in [2.05, 4.69) is 43.4 Å². The Hall–Kier alpha value is -3.61. The van der Waals surface area contributed by atoms with E-state index in [0.717, 1.165) is 5.56 Å². The van der Waals surface area contributed by atoms with E-state index in [4.69, 9.17) is 9.47 Å². The Morgan fingerprint density at radius 1 is 1.03 bits per heavy atom. The summed E-state index contributed by atoms with van der Waals surface area (Å²) in [5.74, 6) is -0.111. The van der Waals surface area contributed by atoms with Crippen LogP contribution in [-0.2, 0) is 16.2 Å². The van der Waals surface area contributed by atoms with Crippen molar-refractivity contribution in [2.45, 2.75) is 13.5 Å². The second-order valence-electron chi connectivity index (χ2n) is 7.39. The van der Waals surface area contributed by atoms with Gasteiger partial charge in [0, 0.05) is 10.0 Å². The predicted molar refractivity (Wildman–Crippen MR) is 139 cm³/mol. The highest BCUT2D eigenvalue weighted by molar-refractivity contribution is 9.13. The number of carbonyl (C=O) groups excluding carboxylic acids is 2. The molecule has 2 amide bonds. The van der Waals surface area contributed by atoms with Crippen molar-refractivity contribution in [2.75, 3.05) is 11.6 Å². The second-order valence-corrected chi connectivity index (χ2v) is 8.97. The number of anilines is 1. The summed E-state index contributed by atoms with van der Waals surface area (Å²) in [4.78, 5) is 25.6. The summed E-state index contributed by atoms with van der Waals surface area (Å²) in [6.07, 6.45) is 1.51. The van der Waals surface area contributed by atoms with Gasteiger partial charge in [0.2, 0.25) is 0 Å². The molecular weight excluding hydrogens is 578 g/mol. The summed E-state index contributed by atoms with van der Waals surface area (Å²) < 4.78 is 13.0. The molecule has 1 saturated heterocycles. The minimum absolute atomic E-state index is 0.0134. The lowest BCUT2D eigenvalue weighted by Gasteiger charge is -2.17. The first-order chi connectivity index (χ1) is 16.9. The van der Waals surface area contributed by atoms with Gasteiger partial charge in [-0.1, -0.05) is 36.4 Å². The molecular formula is C26H19Br2N3O4. The molecule has 0 atom stereocenters. The standard InChI is InChI=1S/C26H19Br2N3O4/c1-2-34-21-13-18(12-20-25(32)30-31(26(20)33)19-10-4-3-5-11-19)22(27)23(28)24(21)35-15-17-9-7-6-8-16(17)14-29/h3-13H,2,15H2,1H3,(H,30,32)/b20-12-. The molecule has 0 unspecified atom stereocenters. The maximum Gasteiger partial charge on any atom is 0.282 e. The Bertz CT molecular complexity index is 1370. The van der Waals surface area contributed by atoms with Gasteiger partial charge >= 0.3 is 0 Å². The average Bonchev–Trinajstić information content (AvgIpc) is 3.16. The maximum atomic E-state index is 13.0. The zero-order chi connectivity index (χ0) is 24.9. The van der Waals surface area contributed by atoms with Crippen LogP contribution in [0.15, 0.2) is 75.2 Å². The zero-order valence-corrected chi connectivity index (χ0v) is 21.7. The number of amides is 2. The zero-order valence-electron chi connectivity index (χ0n) is 18.5. The van der Waals surface area contributed by atoms with Gasteiger partial charge in [0.05, 0.1) is 28.4 Å². The highest BCUT2D eigenvalue weighted by atomic mass is 79.9. The van der Waals surface area contributed by atoms with Gasteiger partial charge in [0.1, 0.15) is 12.2 Å². The highest BCUT2D eigenvalue weighted by Gasteiger charge is 2.34. The van der Waals surface area contributed by atoms with Crippen LogP contribution in [0, 0.1) is 11.3 Å². The monoisotopic (exact) mass is 595 g/mol. The summed E-state index contributed by atoms with van der Waals surface area (Å²) >= 11 is 7.09. The molecule has 1 heterocycles. The second kappa shape index (κ2) is 10.8. The molecule has 3 aromatic carbocycles. The summed E-state index contributed by atoms with van der Waals surface area (Å²) in [6.45, 7) is 2.37. The Kier molecular flexibility index (Phi) is 7.54. The molecule has 3 aromatic rings. The van der Waals surface area contributed by atoms with E-state index in [1.807, 2.05) is 25.1 Å². The van der Waals surface area contributed by atoms with E-state index in [-0.39, 0.29) is 12.2 Å². The lowest BCUT2D eigenvalue weighted by atomic mass is 10.1. The van der Waals surface area contributed by atoms with Crippen LogP contribution in [-0.4, -0.2) is 18.4 Å². The van der Waals surface area contributed by atoms with Crippen LogP contribution in [0.5, 0.6) is 11.5 Å². The number of hydrogen-bond acceptors (Lipinski definition) is 5. The molecule has 1 N–H and O–H groups in total. The van der Waals surface area contributed by atoms with Crippen LogP contribution in [0.4, 0.5) is 5.69 Å². The Morgan fingerprint density at radius 2 is 1.74 bits per heavy atom. The van der Waals surface area contributed by atoms with Gasteiger partial charge in [0.15, 0.2) is 11.5 Å². The molecule has 7 nitrogen and oxygen atoms in total. The minimum atomic E-state index is -0.506. The number of nitrogens with zero attached hydrogens (tertiary/aromatic N) is 2. The number of hydrogen-bond donors (Lipinski definition) is 1. The Balaban J connectivity index is 1.68. The first-order valence-corrected chi connectivity index (χ1v) is 12.2. The van der Waals surface area contributed by atoms with Crippen molar-refractivity contribution in [3.8, 4) is 17.6 Å². The van der Waals surface area contributed by atoms with Gasteiger partial charge < -0.3 is 9.47 Å². The minimum Gasteiger partial charge on any atom is -0.490 e. The Labute approximate surface area is 219 Å².